The van der Waals surface area contributed by atoms with Crippen LogP contribution in [0.4, 0.5) is 4.39 Å². The van der Waals surface area contributed by atoms with Gasteiger partial charge in [-0.2, -0.15) is 0 Å². The largest absolute Gasteiger partial charge is 0.543 e. The molecule has 0 N–H and O–H groups in total. The summed E-state index contributed by atoms with van der Waals surface area (Å²) in [7, 11) is -3.31. The third kappa shape index (κ3) is 8.20. The molecule has 0 saturated carbocycles. The number of hydrogen-bond donors (Lipinski definition) is 0. The molecule has 0 aliphatic heterocycles. The van der Waals surface area contributed by atoms with Crippen molar-refractivity contribution in [3.63, 3.8) is 0 Å². The molecular weight excluding hydrogens is 596 g/mol. The highest BCUT2D eigenvalue weighted by molar-refractivity contribution is 6.83. The van der Waals surface area contributed by atoms with Crippen LogP contribution in [0, 0.1) is 11.9 Å². The molecular formula is C42H64FOSi2. The minimum absolute atomic E-state index is 0.294. The van der Waals surface area contributed by atoms with E-state index in [-0.39, 0.29) is 5.82 Å². The molecule has 0 spiro atoms. The maximum absolute atomic E-state index is 14.2. The fourth-order valence-corrected chi connectivity index (χ4v) is 19.9. The van der Waals surface area contributed by atoms with Crippen LogP contribution in [0.2, 0.25) is 40.3 Å². The van der Waals surface area contributed by atoms with E-state index >= 15 is 0 Å². The Morgan fingerprint density at radius 2 is 1.07 bits per heavy atom. The van der Waals surface area contributed by atoms with Crippen molar-refractivity contribution in [1.82, 2.24) is 0 Å². The maximum atomic E-state index is 14.2. The van der Waals surface area contributed by atoms with Crippen LogP contribution >= 0.6 is 0 Å². The van der Waals surface area contributed by atoms with Crippen LogP contribution in [-0.4, -0.2) is 16.4 Å². The SMILES string of the molecule is CCCCCC[Si](CCCCCCCC[Si](C(C)C)(C(C)C)C(C)C)(Oc1cc2ccc3[c]c(F)cc4ccc(c1)c2c34)C(C)C. The molecule has 1 atom stereocenters. The van der Waals surface area contributed by atoms with Crippen LogP contribution in [-0.2, 0) is 0 Å². The van der Waals surface area contributed by atoms with Crippen molar-refractivity contribution in [2.75, 3.05) is 0 Å². The average Bonchev–Trinajstić information content (AvgIpc) is 3.00. The number of halogens is 1. The molecule has 1 unspecified atom stereocenters. The molecule has 0 bridgehead atoms. The molecule has 0 aliphatic carbocycles. The zero-order chi connectivity index (χ0) is 33.5. The lowest BCUT2D eigenvalue weighted by Crippen LogP contribution is -2.44. The number of hydrogen-bond acceptors (Lipinski definition) is 1. The van der Waals surface area contributed by atoms with Gasteiger partial charge in [0.1, 0.15) is 11.6 Å². The molecule has 46 heavy (non-hydrogen) atoms. The molecule has 0 saturated heterocycles. The molecule has 4 rings (SSSR count). The van der Waals surface area contributed by atoms with Crippen molar-refractivity contribution >= 4 is 48.7 Å². The van der Waals surface area contributed by atoms with Crippen molar-refractivity contribution in [3.8, 4) is 5.75 Å². The second-order valence-corrected chi connectivity index (χ2v) is 26.5. The average molecular weight is 660 g/mol. The summed E-state index contributed by atoms with van der Waals surface area (Å²) in [6, 6.07) is 21.4. The summed E-state index contributed by atoms with van der Waals surface area (Å²) in [6.07, 6.45) is 13.3. The first-order valence-electron chi connectivity index (χ1n) is 18.9. The molecule has 253 valence electrons. The van der Waals surface area contributed by atoms with Gasteiger partial charge in [0, 0.05) is 6.07 Å². The summed E-state index contributed by atoms with van der Waals surface area (Å²) in [5.74, 6) is 0.739. The minimum atomic E-state index is -2.04. The Balaban J connectivity index is 1.44. The minimum Gasteiger partial charge on any atom is -0.543 e. The van der Waals surface area contributed by atoms with Crippen LogP contribution < -0.4 is 4.43 Å². The maximum Gasteiger partial charge on any atom is 0.253 e. The molecule has 0 amide bonds. The Hall–Kier alpha value is -1.92. The second-order valence-electron chi connectivity index (χ2n) is 15.8. The Morgan fingerprint density at radius 3 is 1.59 bits per heavy atom. The molecule has 0 fully saturated rings. The molecule has 0 heterocycles. The molecule has 4 aromatic carbocycles. The van der Waals surface area contributed by atoms with Crippen LogP contribution in [0.15, 0.2) is 42.5 Å². The van der Waals surface area contributed by atoms with E-state index in [4.69, 9.17) is 4.43 Å². The van der Waals surface area contributed by atoms with Gasteiger partial charge in [0.25, 0.3) is 8.32 Å². The van der Waals surface area contributed by atoms with Gasteiger partial charge in [0.15, 0.2) is 0 Å². The van der Waals surface area contributed by atoms with E-state index in [0.29, 0.717) is 5.54 Å². The van der Waals surface area contributed by atoms with E-state index in [2.05, 4.69) is 98.7 Å². The third-order valence-electron chi connectivity index (χ3n) is 11.9. The summed E-state index contributed by atoms with van der Waals surface area (Å²) in [5, 5.41) is 6.48. The summed E-state index contributed by atoms with van der Waals surface area (Å²) >= 11 is 0. The van der Waals surface area contributed by atoms with Crippen molar-refractivity contribution in [2.24, 2.45) is 0 Å². The molecule has 4 heteroatoms. The summed E-state index contributed by atoms with van der Waals surface area (Å²) in [6.45, 7) is 22.2. The van der Waals surface area contributed by atoms with Gasteiger partial charge in [-0.3, -0.25) is 0 Å². The highest BCUT2D eigenvalue weighted by atomic mass is 28.4. The van der Waals surface area contributed by atoms with Gasteiger partial charge < -0.3 is 4.43 Å². The van der Waals surface area contributed by atoms with Gasteiger partial charge in [0.05, 0.1) is 8.07 Å². The highest BCUT2D eigenvalue weighted by Crippen LogP contribution is 2.46. The molecule has 1 radical (unpaired) electrons. The van der Waals surface area contributed by atoms with Gasteiger partial charge in [-0.05, 0) is 68.1 Å². The van der Waals surface area contributed by atoms with Crippen molar-refractivity contribution in [2.45, 2.75) is 167 Å². The van der Waals surface area contributed by atoms with E-state index in [1.54, 1.807) is 6.07 Å². The van der Waals surface area contributed by atoms with E-state index in [1.165, 1.54) is 98.5 Å². The zero-order valence-electron chi connectivity index (χ0n) is 30.8. The normalized spacial score (nSPS) is 14.2. The first-order chi connectivity index (χ1) is 21.9. The Morgan fingerprint density at radius 1 is 0.587 bits per heavy atom. The molecule has 1 nitrogen and oxygen atoms in total. The van der Waals surface area contributed by atoms with Crippen LogP contribution in [0.25, 0.3) is 32.3 Å². The summed E-state index contributed by atoms with van der Waals surface area (Å²) in [4.78, 5) is 0. The lowest BCUT2D eigenvalue weighted by Gasteiger charge is -2.43. The Labute approximate surface area is 283 Å². The number of rotatable bonds is 20. The van der Waals surface area contributed by atoms with Crippen LogP contribution in [0.5, 0.6) is 5.75 Å². The zero-order valence-corrected chi connectivity index (χ0v) is 32.8. The third-order valence-corrected chi connectivity index (χ3v) is 24.7. The molecule has 4 aromatic rings. The first-order valence-corrected chi connectivity index (χ1v) is 23.8. The monoisotopic (exact) mass is 659 g/mol. The van der Waals surface area contributed by atoms with Gasteiger partial charge in [-0.15, -0.1) is 0 Å². The molecule has 0 aliphatic rings. The first kappa shape index (κ1) is 36.9. The predicted octanol–water partition coefficient (Wildman–Crippen LogP) is 14.9. The van der Waals surface area contributed by atoms with Gasteiger partial charge in [-0.1, -0.05) is 173 Å². The lowest BCUT2D eigenvalue weighted by molar-refractivity contribution is 0.495. The van der Waals surface area contributed by atoms with Gasteiger partial charge in [-0.25, -0.2) is 4.39 Å². The highest BCUT2D eigenvalue weighted by Gasteiger charge is 2.42. The van der Waals surface area contributed by atoms with E-state index < -0.39 is 16.4 Å². The van der Waals surface area contributed by atoms with Crippen LogP contribution in [0.1, 0.15) is 127 Å². The van der Waals surface area contributed by atoms with E-state index in [9.17, 15) is 4.39 Å². The summed E-state index contributed by atoms with van der Waals surface area (Å²) in [5.41, 5.74) is 3.18. The second kappa shape index (κ2) is 16.5. The fourth-order valence-electron chi connectivity index (χ4n) is 9.19. The Kier molecular flexibility index (Phi) is 13.2. The summed E-state index contributed by atoms with van der Waals surface area (Å²) < 4.78 is 21.5. The van der Waals surface area contributed by atoms with Crippen LogP contribution in [0.3, 0.4) is 0 Å². The quantitative estimate of drug-likeness (QED) is 0.0521. The van der Waals surface area contributed by atoms with Crippen molar-refractivity contribution < 1.29 is 8.82 Å². The molecule has 0 aromatic heterocycles. The van der Waals surface area contributed by atoms with E-state index in [0.717, 1.165) is 38.5 Å². The standard InChI is InChI=1S/C42H64FOSi2/c1-10-11-12-17-24-45(31(2)3,25-18-15-13-14-16-19-26-46(32(4)5,33(6)7)34(8)9)44-40-29-37-22-20-35-27-39(43)28-36-21-23-38(30-40)42(37)41(35)36/h20-23,27,29-34H,10-19,24-26H2,1-9H3. The fraction of sp³-hybridized carbons (Fsp3) is 0.619. The topological polar surface area (TPSA) is 9.23 Å². The van der Waals surface area contributed by atoms with E-state index in [1.807, 2.05) is 6.07 Å². The number of unbranched alkanes of at least 4 members (excludes halogenated alkanes) is 8. The van der Waals surface area contributed by atoms with Gasteiger partial charge in [0.2, 0.25) is 0 Å². The lowest BCUT2D eigenvalue weighted by atomic mass is 9.94. The Bertz CT molecular complexity index is 1420. The number of benzene rings is 4. The predicted molar refractivity (Wildman–Crippen MR) is 208 cm³/mol. The van der Waals surface area contributed by atoms with Crippen molar-refractivity contribution in [3.05, 3.63) is 54.3 Å². The van der Waals surface area contributed by atoms with Gasteiger partial charge >= 0.3 is 0 Å². The van der Waals surface area contributed by atoms with Crippen molar-refractivity contribution in [1.29, 1.82) is 0 Å². The smallest absolute Gasteiger partial charge is 0.253 e.